The highest BCUT2D eigenvalue weighted by Crippen LogP contribution is 2.34. The number of ether oxygens (including phenoxy) is 1. The lowest BCUT2D eigenvalue weighted by Gasteiger charge is -2.32. The van der Waals surface area contributed by atoms with Gasteiger partial charge in [-0.3, -0.25) is 9.88 Å². The third kappa shape index (κ3) is 4.23. The van der Waals surface area contributed by atoms with Crippen molar-refractivity contribution in [2.24, 2.45) is 0 Å². The van der Waals surface area contributed by atoms with E-state index in [0.717, 1.165) is 24.7 Å². The molecule has 1 aliphatic heterocycles. The highest BCUT2D eigenvalue weighted by Gasteiger charge is 2.37. The number of alkyl halides is 3. The first-order valence-corrected chi connectivity index (χ1v) is 7.66. The standard InChI is InChI=1S/C15H15F4N5O2/c16-10-5-9(6-20-7-10)13-21-8-11(12(23-13)15(17,18)19)22-14(25)24-1-3-26-4-2-24/h5-8,14,22,25H,1-4H2. The molecule has 0 bridgehead atoms. The predicted octanol–water partition coefficient (Wildman–Crippen LogP) is 1.72. The van der Waals surface area contributed by atoms with Crippen LogP contribution >= 0.6 is 0 Å². The third-order valence-corrected chi connectivity index (χ3v) is 3.70. The molecule has 0 aromatic carbocycles. The Hall–Kier alpha value is -2.37. The Labute approximate surface area is 145 Å². The monoisotopic (exact) mass is 373 g/mol. The Balaban J connectivity index is 1.90. The third-order valence-electron chi connectivity index (χ3n) is 3.70. The van der Waals surface area contributed by atoms with Crippen LogP contribution in [-0.2, 0) is 10.9 Å². The van der Waals surface area contributed by atoms with Crippen LogP contribution in [0.5, 0.6) is 0 Å². The first-order valence-electron chi connectivity index (χ1n) is 7.66. The van der Waals surface area contributed by atoms with Crippen molar-refractivity contribution in [2.75, 3.05) is 31.6 Å². The topological polar surface area (TPSA) is 83.4 Å². The maximum Gasteiger partial charge on any atom is 0.435 e. The fourth-order valence-corrected chi connectivity index (χ4v) is 2.43. The average Bonchev–Trinajstić information content (AvgIpc) is 2.62. The minimum absolute atomic E-state index is 0.00998. The van der Waals surface area contributed by atoms with Gasteiger partial charge in [0.2, 0.25) is 0 Å². The molecule has 11 heteroatoms. The summed E-state index contributed by atoms with van der Waals surface area (Å²) in [6.45, 7) is 1.46. The van der Waals surface area contributed by atoms with Crippen LogP contribution in [0, 0.1) is 5.82 Å². The zero-order valence-corrected chi connectivity index (χ0v) is 13.4. The number of hydrogen-bond donors (Lipinski definition) is 2. The maximum absolute atomic E-state index is 13.4. The van der Waals surface area contributed by atoms with Crippen molar-refractivity contribution in [2.45, 2.75) is 12.5 Å². The van der Waals surface area contributed by atoms with E-state index in [1.807, 2.05) is 0 Å². The second-order valence-corrected chi connectivity index (χ2v) is 5.51. The van der Waals surface area contributed by atoms with Crippen LogP contribution in [0.1, 0.15) is 5.69 Å². The van der Waals surface area contributed by atoms with Crippen molar-refractivity contribution >= 4 is 5.69 Å². The molecule has 0 amide bonds. The molecule has 3 heterocycles. The van der Waals surface area contributed by atoms with Gasteiger partial charge >= 0.3 is 6.18 Å². The molecule has 1 aliphatic rings. The summed E-state index contributed by atoms with van der Waals surface area (Å²) in [7, 11) is 0. The molecule has 0 radical (unpaired) electrons. The summed E-state index contributed by atoms with van der Waals surface area (Å²) in [6.07, 6.45) is -3.17. The molecule has 0 aliphatic carbocycles. The quantitative estimate of drug-likeness (QED) is 0.624. The number of aromatic nitrogens is 3. The van der Waals surface area contributed by atoms with E-state index in [1.165, 1.54) is 4.90 Å². The molecule has 2 N–H and O–H groups in total. The van der Waals surface area contributed by atoms with E-state index < -0.39 is 29.7 Å². The number of morpholine rings is 1. The van der Waals surface area contributed by atoms with Gasteiger partial charge in [0.1, 0.15) is 5.82 Å². The Morgan fingerprint density at radius 2 is 1.92 bits per heavy atom. The van der Waals surface area contributed by atoms with Gasteiger partial charge in [0.25, 0.3) is 0 Å². The fraction of sp³-hybridized carbons (Fsp3) is 0.400. The lowest BCUT2D eigenvalue weighted by Crippen LogP contribution is -2.47. The van der Waals surface area contributed by atoms with E-state index in [1.54, 1.807) is 0 Å². The van der Waals surface area contributed by atoms with Gasteiger partial charge in [0.05, 0.1) is 31.3 Å². The van der Waals surface area contributed by atoms with Gasteiger partial charge in [-0.05, 0) is 6.07 Å². The highest BCUT2D eigenvalue weighted by atomic mass is 19.4. The molecule has 1 atom stereocenters. The molecular formula is C15H15F4N5O2. The van der Waals surface area contributed by atoms with Crippen LogP contribution in [-0.4, -0.2) is 57.6 Å². The minimum Gasteiger partial charge on any atom is -0.379 e. The normalized spacial score (nSPS) is 17.1. The SMILES string of the molecule is OC(Nc1cnc(-c2cncc(F)c2)nc1C(F)(F)F)N1CCOCC1. The van der Waals surface area contributed by atoms with E-state index >= 15 is 0 Å². The van der Waals surface area contributed by atoms with E-state index in [-0.39, 0.29) is 11.4 Å². The van der Waals surface area contributed by atoms with Crippen LogP contribution in [0.4, 0.5) is 23.2 Å². The van der Waals surface area contributed by atoms with Crippen molar-refractivity contribution < 1.29 is 27.4 Å². The number of hydrogen-bond acceptors (Lipinski definition) is 7. The lowest BCUT2D eigenvalue weighted by molar-refractivity contribution is -0.140. The number of rotatable bonds is 4. The number of aliphatic hydroxyl groups excluding tert-OH is 1. The average molecular weight is 373 g/mol. The van der Waals surface area contributed by atoms with Crippen molar-refractivity contribution in [1.29, 1.82) is 0 Å². The molecule has 140 valence electrons. The second kappa shape index (κ2) is 7.48. The summed E-state index contributed by atoms with van der Waals surface area (Å²) >= 11 is 0. The Bertz CT molecular complexity index is 768. The van der Waals surface area contributed by atoms with Gasteiger partial charge < -0.3 is 15.2 Å². The van der Waals surface area contributed by atoms with E-state index in [0.29, 0.717) is 26.3 Å². The van der Waals surface area contributed by atoms with Crippen LogP contribution in [0.3, 0.4) is 0 Å². The number of nitrogens with one attached hydrogen (secondary N) is 1. The van der Waals surface area contributed by atoms with E-state index in [2.05, 4.69) is 20.3 Å². The number of aliphatic hydroxyl groups is 1. The Morgan fingerprint density at radius 3 is 2.58 bits per heavy atom. The Morgan fingerprint density at radius 1 is 1.19 bits per heavy atom. The summed E-state index contributed by atoms with van der Waals surface area (Å²) in [6, 6.07) is 0.984. The summed E-state index contributed by atoms with van der Waals surface area (Å²) in [4.78, 5) is 12.4. The minimum atomic E-state index is -4.80. The van der Waals surface area contributed by atoms with Gasteiger partial charge in [-0.25, -0.2) is 14.4 Å². The number of nitrogens with zero attached hydrogens (tertiary/aromatic N) is 4. The fourth-order valence-electron chi connectivity index (χ4n) is 2.43. The molecule has 3 rings (SSSR count). The predicted molar refractivity (Wildman–Crippen MR) is 82.2 cm³/mol. The Kier molecular flexibility index (Phi) is 5.30. The maximum atomic E-state index is 13.4. The molecule has 7 nitrogen and oxygen atoms in total. The molecule has 0 saturated carbocycles. The van der Waals surface area contributed by atoms with Crippen molar-refractivity contribution in [3.8, 4) is 11.4 Å². The van der Waals surface area contributed by atoms with Crippen molar-refractivity contribution in [3.63, 3.8) is 0 Å². The van der Waals surface area contributed by atoms with Crippen LogP contribution in [0.25, 0.3) is 11.4 Å². The van der Waals surface area contributed by atoms with Crippen molar-refractivity contribution in [1.82, 2.24) is 19.9 Å². The summed E-state index contributed by atoms with van der Waals surface area (Å²) in [5.74, 6) is -1.04. The lowest BCUT2D eigenvalue weighted by atomic mass is 10.2. The summed E-state index contributed by atoms with van der Waals surface area (Å²) in [5.41, 5.74) is -1.74. The highest BCUT2D eigenvalue weighted by molar-refractivity contribution is 5.57. The molecule has 2 aromatic rings. The van der Waals surface area contributed by atoms with Gasteiger partial charge in [-0.15, -0.1) is 0 Å². The van der Waals surface area contributed by atoms with Crippen LogP contribution in [0.2, 0.25) is 0 Å². The molecule has 2 aromatic heterocycles. The number of anilines is 1. The smallest absolute Gasteiger partial charge is 0.379 e. The molecule has 0 spiro atoms. The van der Waals surface area contributed by atoms with E-state index in [9.17, 15) is 22.7 Å². The van der Waals surface area contributed by atoms with E-state index in [4.69, 9.17) is 4.74 Å². The van der Waals surface area contributed by atoms with Crippen LogP contribution in [0.15, 0.2) is 24.7 Å². The summed E-state index contributed by atoms with van der Waals surface area (Å²) < 4.78 is 58.5. The second-order valence-electron chi connectivity index (χ2n) is 5.51. The zero-order valence-electron chi connectivity index (χ0n) is 13.4. The zero-order chi connectivity index (χ0) is 18.7. The van der Waals surface area contributed by atoms with Crippen molar-refractivity contribution in [3.05, 3.63) is 36.2 Å². The molecule has 1 saturated heterocycles. The number of pyridine rings is 1. The molecule has 1 fully saturated rings. The van der Waals surface area contributed by atoms with Gasteiger partial charge in [0.15, 0.2) is 17.9 Å². The first-order chi connectivity index (χ1) is 12.3. The van der Waals surface area contributed by atoms with Crippen LogP contribution < -0.4 is 5.32 Å². The molecule has 26 heavy (non-hydrogen) atoms. The number of halogens is 4. The summed E-state index contributed by atoms with van der Waals surface area (Å²) in [5, 5.41) is 12.5. The van der Waals surface area contributed by atoms with Gasteiger partial charge in [-0.2, -0.15) is 13.2 Å². The van der Waals surface area contributed by atoms with Gasteiger partial charge in [0, 0.05) is 24.8 Å². The molecule has 1 unspecified atom stereocenters. The van der Waals surface area contributed by atoms with Gasteiger partial charge in [-0.1, -0.05) is 0 Å². The molecular weight excluding hydrogens is 358 g/mol. The first kappa shape index (κ1) is 18.4. The largest absolute Gasteiger partial charge is 0.435 e.